The van der Waals surface area contributed by atoms with Gasteiger partial charge in [0.15, 0.2) is 0 Å². The van der Waals surface area contributed by atoms with E-state index in [1.54, 1.807) is 22.9 Å². The number of aromatic nitrogens is 2. The molecule has 0 spiro atoms. The summed E-state index contributed by atoms with van der Waals surface area (Å²) in [4.78, 5) is 12.8. The van der Waals surface area contributed by atoms with Gasteiger partial charge in [-0.05, 0) is 26.0 Å². The fourth-order valence-corrected chi connectivity index (χ4v) is 3.08. The summed E-state index contributed by atoms with van der Waals surface area (Å²) in [5.74, 6) is 0.125. The number of nitrogens with two attached hydrogens (primary N) is 1. The predicted octanol–water partition coefficient (Wildman–Crippen LogP) is 3.00. The number of hydrogen-bond donors (Lipinski definition) is 2. The van der Waals surface area contributed by atoms with Crippen LogP contribution in [0.2, 0.25) is 5.02 Å². The van der Waals surface area contributed by atoms with Crippen LogP contribution >= 0.6 is 23.4 Å². The summed E-state index contributed by atoms with van der Waals surface area (Å²) in [6, 6.07) is 5.30. The molecule has 0 aliphatic carbocycles. The molecule has 2 aromatic rings. The van der Waals surface area contributed by atoms with Crippen molar-refractivity contribution in [3.8, 4) is 0 Å². The van der Waals surface area contributed by atoms with E-state index in [-0.39, 0.29) is 11.7 Å². The smallest absolute Gasteiger partial charge is 0.234 e. The molecule has 5 nitrogen and oxygen atoms in total. The summed E-state index contributed by atoms with van der Waals surface area (Å²) in [6.07, 6.45) is 0. The average molecular weight is 325 g/mol. The molecule has 1 aromatic carbocycles. The molecule has 7 heteroatoms. The first-order valence-corrected chi connectivity index (χ1v) is 7.73. The van der Waals surface area contributed by atoms with Crippen molar-refractivity contribution in [3.63, 3.8) is 0 Å². The molecule has 21 heavy (non-hydrogen) atoms. The molecule has 0 fully saturated rings. The third-order valence-electron chi connectivity index (χ3n) is 3.12. The quantitative estimate of drug-likeness (QED) is 0.670. The standard InChI is InChI=1S/C14H17ClN4OS/c1-8-13(9(2)19(3)18-8)17-12(20)7-21-14-10(15)5-4-6-11(14)16/h4-6H,7,16H2,1-3H3,(H,17,20). The van der Waals surface area contributed by atoms with Crippen molar-refractivity contribution >= 4 is 40.6 Å². The summed E-state index contributed by atoms with van der Waals surface area (Å²) in [5.41, 5.74) is 8.92. The lowest BCUT2D eigenvalue weighted by atomic mass is 10.3. The number of nitrogens with zero attached hydrogens (tertiary/aromatic N) is 2. The minimum absolute atomic E-state index is 0.112. The van der Waals surface area contributed by atoms with Crippen LogP contribution in [0.15, 0.2) is 23.1 Å². The monoisotopic (exact) mass is 324 g/mol. The van der Waals surface area contributed by atoms with E-state index in [1.165, 1.54) is 11.8 Å². The van der Waals surface area contributed by atoms with Gasteiger partial charge in [-0.25, -0.2) is 0 Å². The lowest BCUT2D eigenvalue weighted by Crippen LogP contribution is -2.15. The Kier molecular flexibility index (Phi) is 4.80. The second-order valence-electron chi connectivity index (χ2n) is 4.66. The summed E-state index contributed by atoms with van der Waals surface area (Å²) in [7, 11) is 1.84. The number of aryl methyl sites for hydroxylation is 2. The zero-order valence-electron chi connectivity index (χ0n) is 12.1. The average Bonchev–Trinajstić information content (AvgIpc) is 2.65. The number of rotatable bonds is 4. The van der Waals surface area contributed by atoms with Crippen LogP contribution in [0.25, 0.3) is 0 Å². The number of anilines is 2. The maximum absolute atomic E-state index is 12.1. The number of thioether (sulfide) groups is 1. The van der Waals surface area contributed by atoms with Gasteiger partial charge in [0, 0.05) is 17.6 Å². The minimum Gasteiger partial charge on any atom is -0.398 e. The topological polar surface area (TPSA) is 72.9 Å². The molecule has 0 atom stereocenters. The minimum atomic E-state index is -0.112. The first-order chi connectivity index (χ1) is 9.90. The Morgan fingerprint density at radius 2 is 2.19 bits per heavy atom. The summed E-state index contributed by atoms with van der Waals surface area (Å²) in [5, 5.41) is 7.70. The van der Waals surface area contributed by atoms with Gasteiger partial charge < -0.3 is 11.1 Å². The number of halogens is 1. The first-order valence-electron chi connectivity index (χ1n) is 6.37. The van der Waals surface area contributed by atoms with Gasteiger partial charge in [-0.3, -0.25) is 9.48 Å². The normalized spacial score (nSPS) is 10.7. The lowest BCUT2D eigenvalue weighted by Gasteiger charge is -2.08. The third kappa shape index (κ3) is 3.51. The molecule has 0 aliphatic rings. The largest absolute Gasteiger partial charge is 0.398 e. The van der Waals surface area contributed by atoms with E-state index < -0.39 is 0 Å². The number of nitrogens with one attached hydrogen (secondary N) is 1. The molecule has 1 amide bonds. The fourth-order valence-electron chi connectivity index (χ4n) is 1.95. The Balaban J connectivity index is 2.03. The van der Waals surface area contributed by atoms with Gasteiger partial charge in [0.05, 0.1) is 27.9 Å². The van der Waals surface area contributed by atoms with E-state index in [1.807, 2.05) is 20.9 Å². The van der Waals surface area contributed by atoms with Crippen molar-refractivity contribution in [1.29, 1.82) is 0 Å². The molecular weight excluding hydrogens is 308 g/mol. The van der Waals surface area contributed by atoms with E-state index in [0.717, 1.165) is 22.0 Å². The van der Waals surface area contributed by atoms with E-state index in [0.29, 0.717) is 10.7 Å². The highest BCUT2D eigenvalue weighted by molar-refractivity contribution is 8.00. The summed E-state index contributed by atoms with van der Waals surface area (Å²) in [6.45, 7) is 3.77. The Bertz CT molecular complexity index is 664. The van der Waals surface area contributed by atoms with Gasteiger partial charge in [0.2, 0.25) is 5.91 Å². The molecular formula is C14H17ClN4OS. The maximum Gasteiger partial charge on any atom is 0.234 e. The lowest BCUT2D eigenvalue weighted by molar-refractivity contribution is -0.113. The van der Waals surface area contributed by atoms with E-state index in [9.17, 15) is 4.79 Å². The number of nitrogen functional groups attached to an aromatic ring is 1. The Morgan fingerprint density at radius 3 is 2.76 bits per heavy atom. The van der Waals surface area contributed by atoms with Crippen molar-refractivity contribution in [3.05, 3.63) is 34.6 Å². The maximum atomic E-state index is 12.1. The molecule has 0 aliphatic heterocycles. The van der Waals surface area contributed by atoms with E-state index >= 15 is 0 Å². The van der Waals surface area contributed by atoms with Crippen molar-refractivity contribution in [1.82, 2.24) is 9.78 Å². The molecule has 1 aromatic heterocycles. The second kappa shape index (κ2) is 6.41. The van der Waals surface area contributed by atoms with Gasteiger partial charge in [-0.15, -0.1) is 11.8 Å². The Hall–Kier alpha value is -1.66. The van der Waals surface area contributed by atoms with Crippen molar-refractivity contribution < 1.29 is 4.79 Å². The number of carbonyl (C=O) groups is 1. The van der Waals surface area contributed by atoms with Gasteiger partial charge >= 0.3 is 0 Å². The zero-order valence-corrected chi connectivity index (χ0v) is 13.7. The number of amides is 1. The molecule has 0 saturated heterocycles. The van der Waals surface area contributed by atoms with Crippen LogP contribution in [0.1, 0.15) is 11.4 Å². The highest BCUT2D eigenvalue weighted by atomic mass is 35.5. The third-order valence-corrected chi connectivity index (χ3v) is 4.70. The van der Waals surface area contributed by atoms with Crippen molar-refractivity contribution in [2.45, 2.75) is 18.7 Å². The van der Waals surface area contributed by atoms with Crippen LogP contribution < -0.4 is 11.1 Å². The van der Waals surface area contributed by atoms with Crippen molar-refractivity contribution in [2.75, 3.05) is 16.8 Å². The molecule has 2 rings (SSSR count). The van der Waals surface area contributed by atoms with Crippen molar-refractivity contribution in [2.24, 2.45) is 7.05 Å². The second-order valence-corrected chi connectivity index (χ2v) is 6.06. The van der Waals surface area contributed by atoms with Crippen LogP contribution in [-0.4, -0.2) is 21.4 Å². The molecule has 0 bridgehead atoms. The number of benzene rings is 1. The number of carbonyl (C=O) groups excluding carboxylic acids is 1. The highest BCUT2D eigenvalue weighted by Crippen LogP contribution is 2.32. The molecule has 0 saturated carbocycles. The molecule has 1 heterocycles. The van der Waals surface area contributed by atoms with E-state index in [4.69, 9.17) is 17.3 Å². The van der Waals surface area contributed by atoms with Gasteiger partial charge in [-0.1, -0.05) is 17.7 Å². The highest BCUT2D eigenvalue weighted by Gasteiger charge is 2.14. The SMILES string of the molecule is Cc1nn(C)c(C)c1NC(=O)CSc1c(N)cccc1Cl. The fraction of sp³-hybridized carbons (Fsp3) is 0.286. The molecule has 112 valence electrons. The van der Waals surface area contributed by atoms with Gasteiger partial charge in [0.1, 0.15) is 0 Å². The van der Waals surface area contributed by atoms with Gasteiger partial charge in [0.25, 0.3) is 0 Å². The molecule has 3 N–H and O–H groups in total. The Labute approximate surface area is 132 Å². The van der Waals surface area contributed by atoms with Crippen LogP contribution in [0.4, 0.5) is 11.4 Å². The summed E-state index contributed by atoms with van der Waals surface area (Å²) < 4.78 is 1.74. The Morgan fingerprint density at radius 1 is 1.48 bits per heavy atom. The first kappa shape index (κ1) is 15.7. The number of hydrogen-bond acceptors (Lipinski definition) is 4. The van der Waals surface area contributed by atoms with Gasteiger partial charge in [-0.2, -0.15) is 5.10 Å². The van der Waals surface area contributed by atoms with Crippen LogP contribution in [0.5, 0.6) is 0 Å². The molecule has 0 unspecified atom stereocenters. The van der Waals surface area contributed by atoms with Crippen LogP contribution in [-0.2, 0) is 11.8 Å². The van der Waals surface area contributed by atoms with E-state index in [2.05, 4.69) is 10.4 Å². The van der Waals surface area contributed by atoms with Crippen LogP contribution in [0.3, 0.4) is 0 Å². The predicted molar refractivity (Wildman–Crippen MR) is 87.9 cm³/mol. The summed E-state index contributed by atoms with van der Waals surface area (Å²) >= 11 is 7.40. The zero-order chi connectivity index (χ0) is 15.6. The van der Waals surface area contributed by atoms with Crippen LogP contribution in [0, 0.1) is 13.8 Å². The molecule has 0 radical (unpaired) electrons.